The highest BCUT2D eigenvalue weighted by Gasteiger charge is 2.57. The van der Waals surface area contributed by atoms with Crippen LogP contribution < -0.4 is 10.4 Å². The highest BCUT2D eigenvalue weighted by atomic mass is 28.4. The van der Waals surface area contributed by atoms with Gasteiger partial charge in [-0.05, 0) is 45.4 Å². The second-order valence-corrected chi connectivity index (χ2v) is 14.2. The van der Waals surface area contributed by atoms with Crippen LogP contribution >= 0.6 is 0 Å². The Labute approximate surface area is 190 Å². The summed E-state index contributed by atoms with van der Waals surface area (Å²) in [6.07, 6.45) is 0.643. The molecule has 0 aliphatic heterocycles. The molecule has 3 aromatic rings. The normalized spacial score (nSPS) is 20.9. The maximum absolute atomic E-state index is 13.9. The van der Waals surface area contributed by atoms with E-state index < -0.39 is 25.4 Å². The predicted molar refractivity (Wildman–Crippen MR) is 127 cm³/mol. The molecule has 0 amide bonds. The molecule has 0 bridgehead atoms. The van der Waals surface area contributed by atoms with E-state index in [-0.39, 0.29) is 17.6 Å². The van der Waals surface area contributed by atoms with Crippen LogP contribution in [0.5, 0.6) is 0 Å². The number of aliphatic hydroxyl groups excluding tert-OH is 1. The van der Waals surface area contributed by atoms with Crippen molar-refractivity contribution in [2.24, 2.45) is 5.92 Å². The van der Waals surface area contributed by atoms with Crippen LogP contribution in [0.4, 0.5) is 8.78 Å². The van der Waals surface area contributed by atoms with E-state index in [4.69, 9.17) is 4.43 Å². The summed E-state index contributed by atoms with van der Waals surface area (Å²) in [7, 11) is -2.70. The predicted octanol–water partition coefficient (Wildman–Crippen LogP) is 4.79. The summed E-state index contributed by atoms with van der Waals surface area (Å²) in [5.74, 6) is -1.24. The molecular weight excluding hydrogens is 422 g/mol. The first-order valence-corrected chi connectivity index (χ1v) is 13.0. The van der Waals surface area contributed by atoms with Crippen molar-refractivity contribution in [1.29, 1.82) is 0 Å². The van der Waals surface area contributed by atoms with Gasteiger partial charge in [-0.3, -0.25) is 0 Å². The van der Waals surface area contributed by atoms with E-state index in [1.807, 2.05) is 36.4 Å². The second-order valence-electron chi connectivity index (χ2n) is 9.85. The van der Waals surface area contributed by atoms with Gasteiger partial charge in [-0.25, -0.2) is 8.78 Å². The van der Waals surface area contributed by atoms with Gasteiger partial charge in [-0.1, -0.05) is 81.4 Å². The van der Waals surface area contributed by atoms with Crippen LogP contribution in [0.25, 0.3) is 0 Å². The van der Waals surface area contributed by atoms with Crippen LogP contribution in [-0.4, -0.2) is 26.6 Å². The molecule has 0 saturated heterocycles. The molecule has 1 aliphatic carbocycles. The summed E-state index contributed by atoms with van der Waals surface area (Å²) in [6, 6.07) is 24.3. The van der Waals surface area contributed by atoms with Crippen molar-refractivity contribution in [3.63, 3.8) is 0 Å². The fraction of sp³-hybridized carbons (Fsp3) is 0.333. The molecule has 32 heavy (non-hydrogen) atoms. The van der Waals surface area contributed by atoms with E-state index in [1.54, 1.807) is 0 Å². The molecule has 1 fully saturated rings. The third kappa shape index (κ3) is 3.94. The quantitative estimate of drug-likeness (QED) is 0.522. The number of hydrogen-bond acceptors (Lipinski definition) is 2. The molecule has 1 saturated carbocycles. The maximum atomic E-state index is 13.9. The maximum Gasteiger partial charge on any atom is 0.261 e. The Morgan fingerprint density at radius 1 is 0.906 bits per heavy atom. The molecule has 4 rings (SSSR count). The lowest BCUT2D eigenvalue weighted by Gasteiger charge is -2.43. The molecule has 3 aromatic carbocycles. The van der Waals surface area contributed by atoms with Gasteiger partial charge in [0.1, 0.15) is 11.6 Å². The van der Waals surface area contributed by atoms with Crippen molar-refractivity contribution < 1.29 is 18.3 Å². The molecule has 0 aromatic heterocycles. The molecule has 0 spiro atoms. The van der Waals surface area contributed by atoms with Crippen LogP contribution in [0.3, 0.4) is 0 Å². The first kappa shape index (κ1) is 22.8. The van der Waals surface area contributed by atoms with Gasteiger partial charge in [0, 0.05) is 18.1 Å². The van der Waals surface area contributed by atoms with Crippen LogP contribution in [0.15, 0.2) is 78.9 Å². The van der Waals surface area contributed by atoms with Crippen molar-refractivity contribution in [2.75, 3.05) is 13.2 Å². The number of aliphatic hydroxyl groups is 1. The minimum absolute atomic E-state index is 0.00431. The smallest absolute Gasteiger partial charge is 0.261 e. The molecule has 2 nitrogen and oxygen atoms in total. The van der Waals surface area contributed by atoms with Gasteiger partial charge in [-0.15, -0.1) is 0 Å². The van der Waals surface area contributed by atoms with Gasteiger partial charge in [0.05, 0.1) is 6.61 Å². The molecule has 1 aliphatic rings. The second kappa shape index (κ2) is 8.54. The lowest BCUT2D eigenvalue weighted by atomic mass is 9.94. The van der Waals surface area contributed by atoms with Gasteiger partial charge in [0.2, 0.25) is 0 Å². The van der Waals surface area contributed by atoms with Crippen molar-refractivity contribution in [1.82, 2.24) is 0 Å². The fourth-order valence-corrected chi connectivity index (χ4v) is 9.67. The zero-order chi connectivity index (χ0) is 23.0. The molecule has 5 heteroatoms. The fourth-order valence-electron chi connectivity index (χ4n) is 5.07. The Bertz CT molecular complexity index is 1010. The molecule has 168 valence electrons. The Morgan fingerprint density at radius 3 is 1.84 bits per heavy atom. The van der Waals surface area contributed by atoms with E-state index in [9.17, 15) is 13.9 Å². The highest BCUT2D eigenvalue weighted by molar-refractivity contribution is 6.99. The number of benzene rings is 3. The van der Waals surface area contributed by atoms with Crippen LogP contribution in [0.2, 0.25) is 5.04 Å². The Hall–Kier alpha value is -2.34. The van der Waals surface area contributed by atoms with E-state index in [0.29, 0.717) is 18.6 Å². The van der Waals surface area contributed by atoms with E-state index in [1.165, 1.54) is 22.5 Å². The van der Waals surface area contributed by atoms with E-state index in [0.717, 1.165) is 6.07 Å². The molecular formula is C27H30F2O2Si. The standard InChI is InChI=1S/C27H30F2O2Si/c1-26(2,3)32(24-10-6-4-7-11-24,25-12-8-5-9-13-25)31-18-21-17-27(21,19-30)20-14-22(28)16-23(29)15-20/h4-16,21,30H,17-19H2,1-3H3/t21-,27+/m0/s1. The van der Waals surface area contributed by atoms with Gasteiger partial charge >= 0.3 is 0 Å². The third-order valence-corrected chi connectivity index (χ3v) is 11.9. The summed E-state index contributed by atoms with van der Waals surface area (Å²) >= 11 is 0. The lowest BCUT2D eigenvalue weighted by molar-refractivity contribution is 0.216. The summed E-state index contributed by atoms with van der Waals surface area (Å²) in [5, 5.41) is 12.4. The first-order chi connectivity index (χ1) is 15.2. The molecule has 0 heterocycles. The zero-order valence-corrected chi connectivity index (χ0v) is 19.8. The molecule has 0 unspecified atom stereocenters. The largest absolute Gasteiger partial charge is 0.407 e. The van der Waals surface area contributed by atoms with Gasteiger partial charge in [-0.2, -0.15) is 0 Å². The number of halogens is 2. The summed E-state index contributed by atoms with van der Waals surface area (Å²) in [4.78, 5) is 0. The van der Waals surface area contributed by atoms with Gasteiger partial charge < -0.3 is 9.53 Å². The van der Waals surface area contributed by atoms with Crippen molar-refractivity contribution in [3.05, 3.63) is 96.1 Å². The highest BCUT2D eigenvalue weighted by Crippen LogP contribution is 2.55. The van der Waals surface area contributed by atoms with E-state index >= 15 is 0 Å². The van der Waals surface area contributed by atoms with E-state index in [2.05, 4.69) is 45.0 Å². The van der Waals surface area contributed by atoms with Crippen molar-refractivity contribution in [3.8, 4) is 0 Å². The van der Waals surface area contributed by atoms with Crippen molar-refractivity contribution in [2.45, 2.75) is 37.6 Å². The Morgan fingerprint density at radius 2 is 1.41 bits per heavy atom. The van der Waals surface area contributed by atoms with Crippen LogP contribution in [-0.2, 0) is 9.84 Å². The third-order valence-electron chi connectivity index (χ3n) is 6.87. The SMILES string of the molecule is CC(C)(C)[Si](OC[C@@H]1C[C@@]1(CO)c1cc(F)cc(F)c1)(c1ccccc1)c1ccccc1. The molecule has 2 atom stereocenters. The summed E-state index contributed by atoms with van der Waals surface area (Å²) in [6.45, 7) is 6.91. The van der Waals surface area contributed by atoms with Gasteiger partial charge in [0.15, 0.2) is 0 Å². The Balaban J connectivity index is 1.70. The van der Waals surface area contributed by atoms with Gasteiger partial charge in [0.25, 0.3) is 8.32 Å². The average molecular weight is 453 g/mol. The van der Waals surface area contributed by atoms with Crippen LogP contribution in [0.1, 0.15) is 32.8 Å². The first-order valence-electron chi connectivity index (χ1n) is 11.1. The number of hydrogen-bond donors (Lipinski definition) is 1. The zero-order valence-electron chi connectivity index (χ0n) is 18.8. The summed E-state index contributed by atoms with van der Waals surface area (Å²) in [5.41, 5.74) is -0.150. The van der Waals surface area contributed by atoms with Crippen molar-refractivity contribution >= 4 is 18.7 Å². The lowest BCUT2D eigenvalue weighted by Crippen LogP contribution is -2.66. The number of rotatable bonds is 7. The van der Waals surface area contributed by atoms with Crippen LogP contribution in [0, 0.1) is 17.6 Å². The molecule has 1 N–H and O–H groups in total. The summed E-state index contributed by atoms with van der Waals surface area (Å²) < 4.78 is 34.7. The monoisotopic (exact) mass is 452 g/mol. The Kier molecular flexibility index (Phi) is 6.10. The minimum Gasteiger partial charge on any atom is -0.407 e. The minimum atomic E-state index is -2.70. The molecule has 0 radical (unpaired) electrons. The topological polar surface area (TPSA) is 29.5 Å². The average Bonchev–Trinajstić information content (AvgIpc) is 3.49.